The number of carbonyl (C=O) groups is 6. The van der Waals surface area contributed by atoms with E-state index in [0.29, 0.717) is 31.2 Å². The van der Waals surface area contributed by atoms with Gasteiger partial charge in [0, 0.05) is 19.4 Å². The maximum Gasteiger partial charge on any atom is 0.408 e. The normalized spacial score (nSPS) is 16.0. The first kappa shape index (κ1) is 39.3. The highest BCUT2D eigenvalue weighted by atomic mass is 16.6. The molecule has 0 spiro atoms. The average molecular weight is 696 g/mol. The third-order valence-corrected chi connectivity index (χ3v) is 8.02. The zero-order valence-corrected chi connectivity index (χ0v) is 29.1. The highest BCUT2D eigenvalue weighted by Crippen LogP contribution is 2.20. The number of aromatic hydroxyl groups is 1. The average Bonchev–Trinajstić information content (AvgIpc) is 3.56. The summed E-state index contributed by atoms with van der Waals surface area (Å²) in [6, 6.07) is 10.8. The van der Waals surface area contributed by atoms with Crippen molar-refractivity contribution < 1.29 is 43.7 Å². The summed E-state index contributed by atoms with van der Waals surface area (Å²) in [7, 11) is 0. The SMILES string of the molecule is CCCC[C@@H](NC(=O)[C@H](Cc1ccc(O)cc1)NC(=O)OC(C)(C)C)C(=O)NCC(=O)N[C@@H](Cc1ccccc1)C(=O)N1CCC[C@H]1C(=O)O. The van der Waals surface area contributed by atoms with Gasteiger partial charge in [0.25, 0.3) is 0 Å². The predicted octanol–water partition coefficient (Wildman–Crippen LogP) is 2.42. The Balaban J connectivity index is 1.70. The first-order valence-corrected chi connectivity index (χ1v) is 16.9. The number of nitrogens with zero attached hydrogens (tertiary/aromatic N) is 1. The lowest BCUT2D eigenvalue weighted by molar-refractivity contribution is -0.149. The van der Waals surface area contributed by atoms with Gasteiger partial charge >= 0.3 is 12.1 Å². The Hall–Kier alpha value is -5.14. The third kappa shape index (κ3) is 12.7. The first-order chi connectivity index (χ1) is 23.7. The van der Waals surface area contributed by atoms with E-state index in [-0.39, 0.29) is 31.6 Å². The first-order valence-electron chi connectivity index (χ1n) is 16.9. The van der Waals surface area contributed by atoms with Crippen LogP contribution >= 0.6 is 0 Å². The van der Waals surface area contributed by atoms with Crippen molar-refractivity contribution in [3.05, 3.63) is 65.7 Å². The van der Waals surface area contributed by atoms with Crippen LogP contribution in [-0.2, 0) is 41.6 Å². The molecule has 0 saturated carbocycles. The van der Waals surface area contributed by atoms with Crippen LogP contribution in [0.4, 0.5) is 4.79 Å². The molecular weight excluding hydrogens is 646 g/mol. The minimum Gasteiger partial charge on any atom is -0.508 e. The van der Waals surface area contributed by atoms with Gasteiger partial charge in [-0.25, -0.2) is 9.59 Å². The molecule has 14 nitrogen and oxygen atoms in total. The number of carbonyl (C=O) groups excluding carboxylic acids is 5. The minimum absolute atomic E-state index is 0.0337. The molecule has 272 valence electrons. The largest absolute Gasteiger partial charge is 0.508 e. The molecule has 6 N–H and O–H groups in total. The van der Waals surface area contributed by atoms with Crippen LogP contribution in [0, 0.1) is 0 Å². The summed E-state index contributed by atoms with van der Waals surface area (Å²) in [5, 5.41) is 29.8. The number of benzene rings is 2. The molecule has 3 rings (SSSR count). The molecule has 2 aromatic carbocycles. The Kier molecular flexibility index (Phi) is 14.6. The van der Waals surface area contributed by atoms with Crippen molar-refractivity contribution in [1.29, 1.82) is 0 Å². The van der Waals surface area contributed by atoms with Gasteiger partial charge < -0.3 is 41.1 Å². The van der Waals surface area contributed by atoms with Crippen LogP contribution in [0.25, 0.3) is 0 Å². The number of phenols is 1. The molecule has 2 aromatic rings. The zero-order chi connectivity index (χ0) is 36.8. The van der Waals surface area contributed by atoms with E-state index in [4.69, 9.17) is 4.74 Å². The maximum absolute atomic E-state index is 13.6. The van der Waals surface area contributed by atoms with Crippen molar-refractivity contribution in [1.82, 2.24) is 26.2 Å². The fourth-order valence-electron chi connectivity index (χ4n) is 5.55. The Bertz CT molecular complexity index is 1480. The second-order valence-electron chi connectivity index (χ2n) is 13.3. The molecule has 50 heavy (non-hydrogen) atoms. The number of nitrogens with one attached hydrogen (secondary N) is 4. The molecule has 1 fully saturated rings. The molecule has 1 saturated heterocycles. The van der Waals surface area contributed by atoms with Crippen molar-refractivity contribution in [3.63, 3.8) is 0 Å². The van der Waals surface area contributed by atoms with Crippen LogP contribution in [0.2, 0.25) is 0 Å². The Morgan fingerprint density at radius 2 is 1.50 bits per heavy atom. The summed E-state index contributed by atoms with van der Waals surface area (Å²) in [5.74, 6) is -3.57. The summed E-state index contributed by atoms with van der Waals surface area (Å²) < 4.78 is 5.34. The van der Waals surface area contributed by atoms with E-state index in [1.54, 1.807) is 57.2 Å². The van der Waals surface area contributed by atoms with E-state index in [2.05, 4.69) is 21.3 Å². The molecule has 0 bridgehead atoms. The predicted molar refractivity (Wildman–Crippen MR) is 184 cm³/mol. The van der Waals surface area contributed by atoms with Crippen molar-refractivity contribution in [2.24, 2.45) is 0 Å². The van der Waals surface area contributed by atoms with Gasteiger partial charge in [0.15, 0.2) is 0 Å². The Morgan fingerprint density at radius 3 is 2.12 bits per heavy atom. The van der Waals surface area contributed by atoms with Crippen LogP contribution < -0.4 is 21.3 Å². The number of likely N-dealkylation sites (tertiary alicyclic amines) is 1. The van der Waals surface area contributed by atoms with Gasteiger partial charge in [0.2, 0.25) is 23.6 Å². The molecule has 1 aliphatic rings. The summed E-state index contributed by atoms with van der Waals surface area (Å²) in [4.78, 5) is 79.2. The van der Waals surface area contributed by atoms with Crippen LogP contribution in [0.3, 0.4) is 0 Å². The molecule has 4 atom stereocenters. The number of rotatable bonds is 16. The highest BCUT2D eigenvalue weighted by Gasteiger charge is 2.38. The number of amides is 5. The van der Waals surface area contributed by atoms with Crippen LogP contribution in [0.15, 0.2) is 54.6 Å². The second kappa shape index (κ2) is 18.6. The van der Waals surface area contributed by atoms with Gasteiger partial charge in [-0.05, 0) is 63.3 Å². The Labute approximate surface area is 292 Å². The lowest BCUT2D eigenvalue weighted by Gasteiger charge is -2.27. The molecule has 0 aliphatic carbocycles. The van der Waals surface area contributed by atoms with E-state index in [0.717, 1.165) is 5.56 Å². The van der Waals surface area contributed by atoms with E-state index >= 15 is 0 Å². The third-order valence-electron chi connectivity index (χ3n) is 8.02. The number of hydrogen-bond acceptors (Lipinski definition) is 8. The maximum atomic E-state index is 13.6. The standard InChI is InChI=1S/C36H49N5O9/c1-5-6-13-26(39-32(45)27(40-35(49)50-36(2,3)4)20-24-15-17-25(42)18-16-24)31(44)37-22-30(43)38-28(21-23-11-8-7-9-12-23)33(46)41-19-10-14-29(41)34(47)48/h7-9,11-12,15-18,26-29,42H,5-6,10,13-14,19-22H2,1-4H3,(H,37,44)(H,38,43)(H,39,45)(H,40,49)(H,47,48)/t26-,27+,28+,29+/m1/s1. The number of hydrogen-bond donors (Lipinski definition) is 6. The topological polar surface area (TPSA) is 203 Å². The van der Waals surface area contributed by atoms with Gasteiger partial charge in [-0.3, -0.25) is 19.2 Å². The van der Waals surface area contributed by atoms with Crippen molar-refractivity contribution >= 4 is 35.7 Å². The van der Waals surface area contributed by atoms with Crippen LogP contribution in [0.5, 0.6) is 5.75 Å². The molecule has 0 unspecified atom stereocenters. The van der Waals surface area contributed by atoms with Crippen molar-refractivity contribution in [2.75, 3.05) is 13.1 Å². The molecule has 0 aromatic heterocycles. The minimum atomic E-state index is -1.14. The number of unbranched alkanes of at least 4 members (excludes halogenated alkanes) is 1. The lowest BCUT2D eigenvalue weighted by atomic mass is 10.0. The fourth-order valence-corrected chi connectivity index (χ4v) is 5.55. The summed E-state index contributed by atoms with van der Waals surface area (Å²) in [6.07, 6.45) is 1.69. The number of aliphatic carboxylic acids is 1. The quantitative estimate of drug-likeness (QED) is 0.152. The zero-order valence-electron chi connectivity index (χ0n) is 29.1. The van der Waals surface area contributed by atoms with E-state index < -0.39 is 72.0 Å². The highest BCUT2D eigenvalue weighted by molar-refractivity contribution is 5.95. The van der Waals surface area contributed by atoms with E-state index in [1.165, 1.54) is 17.0 Å². The monoisotopic (exact) mass is 695 g/mol. The van der Waals surface area contributed by atoms with Crippen molar-refractivity contribution in [3.8, 4) is 5.75 Å². The van der Waals surface area contributed by atoms with Crippen LogP contribution in [-0.4, -0.2) is 93.7 Å². The number of carboxylic acids is 1. The number of phenolic OH excluding ortho intramolecular Hbond substituents is 1. The summed E-state index contributed by atoms with van der Waals surface area (Å²) in [5.41, 5.74) is 0.559. The summed E-state index contributed by atoms with van der Waals surface area (Å²) >= 11 is 0. The van der Waals surface area contributed by atoms with Crippen LogP contribution in [0.1, 0.15) is 70.9 Å². The number of ether oxygens (including phenoxy) is 1. The van der Waals surface area contributed by atoms with Gasteiger partial charge in [0.1, 0.15) is 35.5 Å². The smallest absolute Gasteiger partial charge is 0.408 e. The van der Waals surface area contributed by atoms with Gasteiger partial charge in [-0.2, -0.15) is 0 Å². The summed E-state index contributed by atoms with van der Waals surface area (Å²) in [6.45, 7) is 6.71. The molecule has 5 amide bonds. The lowest BCUT2D eigenvalue weighted by Crippen LogP contribution is -2.56. The van der Waals surface area contributed by atoms with Crippen molar-refractivity contribution in [2.45, 2.75) is 102 Å². The molecule has 1 aliphatic heterocycles. The molecular formula is C36H49N5O9. The number of alkyl carbamates (subject to hydrolysis) is 1. The van der Waals surface area contributed by atoms with Gasteiger partial charge in [-0.1, -0.05) is 62.2 Å². The van der Waals surface area contributed by atoms with E-state index in [9.17, 15) is 39.0 Å². The van der Waals surface area contributed by atoms with Gasteiger partial charge in [0.05, 0.1) is 6.54 Å². The van der Waals surface area contributed by atoms with Gasteiger partial charge in [-0.15, -0.1) is 0 Å². The molecule has 14 heteroatoms. The second-order valence-corrected chi connectivity index (χ2v) is 13.3. The fraction of sp³-hybridized carbons (Fsp3) is 0.500. The van der Waals surface area contributed by atoms with E-state index in [1.807, 2.05) is 13.0 Å². The number of carboxylic acid groups (broad SMARTS) is 1. The Morgan fingerprint density at radius 1 is 0.860 bits per heavy atom. The molecule has 1 heterocycles. The molecule has 0 radical (unpaired) electrons.